The average Bonchev–Trinajstić information content (AvgIpc) is 1.55. The Morgan fingerprint density at radius 2 is 0.362 bits per heavy atom. The lowest BCUT2D eigenvalue weighted by molar-refractivity contribution is 1.17. The van der Waals surface area contributed by atoms with Gasteiger partial charge in [-0.05, 0) is 200 Å². The summed E-state index contributed by atoms with van der Waals surface area (Å²) in [4.78, 5) is 0. The third-order valence-electron chi connectivity index (χ3n) is 27.9. The summed E-state index contributed by atoms with van der Waals surface area (Å²) in [5.41, 5.74) is 38.5. The first-order valence-corrected chi connectivity index (χ1v) is 47.4. The summed E-state index contributed by atoms with van der Waals surface area (Å²) in [5.74, 6) is 0. The van der Waals surface area contributed by atoms with Crippen LogP contribution in [0.4, 0.5) is 0 Å². The van der Waals surface area contributed by atoms with Crippen LogP contribution in [0.1, 0.15) is 0 Å². The number of fused-ring (bicyclic) bond motifs is 21. The van der Waals surface area contributed by atoms with Gasteiger partial charge in [0.25, 0.3) is 0 Å². The van der Waals surface area contributed by atoms with Gasteiger partial charge in [-0.1, -0.05) is 400 Å². The van der Waals surface area contributed by atoms with E-state index >= 15 is 0 Å². The number of rotatable bonds is 13. The Kier molecular flexibility index (Phi) is 19.9. The highest BCUT2D eigenvalue weighted by Gasteiger charge is 2.28. The van der Waals surface area contributed by atoms with Gasteiger partial charge in [-0.25, -0.2) is 0 Å². The van der Waals surface area contributed by atoms with Gasteiger partial charge in [-0.2, -0.15) is 0 Å². The Balaban J connectivity index is 0.000000108. The highest BCUT2D eigenvalue weighted by Crippen LogP contribution is 2.50. The Morgan fingerprint density at radius 3 is 0.790 bits per heavy atom. The molecule has 0 N–H and O–H groups in total. The number of nitrogens with zero attached hydrogens (tertiary/aromatic N) is 6. The summed E-state index contributed by atoms with van der Waals surface area (Å²) in [6, 6.07) is 193. The van der Waals surface area contributed by atoms with E-state index in [0.29, 0.717) is 0 Å². The topological polar surface area (TPSA) is 29.6 Å². The summed E-state index contributed by atoms with van der Waals surface area (Å²) in [5, 5.41) is 15.1. The fourth-order valence-corrected chi connectivity index (χ4v) is 21.8. The molecule has 0 aliphatic carbocycles. The zero-order valence-corrected chi connectivity index (χ0v) is 75.5. The monoisotopic (exact) mass is 1760 g/mol. The highest BCUT2D eigenvalue weighted by molar-refractivity contribution is 6.30. The first kappa shape index (κ1) is 80.5. The van der Waals surface area contributed by atoms with Gasteiger partial charge in [-0.3, -0.25) is 0 Å². The van der Waals surface area contributed by atoms with Gasteiger partial charge in [0, 0.05) is 104 Å². The van der Waals surface area contributed by atoms with Gasteiger partial charge in [0.2, 0.25) is 0 Å². The number of aromatic nitrogens is 6. The molecule has 28 aromatic rings. The molecule has 0 saturated carbocycles. The van der Waals surface area contributed by atoms with Gasteiger partial charge in [0.1, 0.15) is 0 Å². The van der Waals surface area contributed by atoms with Gasteiger partial charge in [-0.15, -0.1) is 0 Å². The molecule has 0 atom stereocenters. The molecule has 138 heavy (non-hydrogen) atoms. The molecule has 646 valence electrons. The van der Waals surface area contributed by atoms with E-state index in [1.165, 1.54) is 220 Å². The van der Waals surface area contributed by atoms with Crippen LogP contribution in [-0.2, 0) is 0 Å². The second kappa shape index (κ2) is 34.0. The minimum Gasteiger partial charge on any atom is -0.309 e. The first-order valence-electron chi connectivity index (χ1n) is 47.4. The molecule has 0 spiro atoms. The molecule has 6 heteroatoms. The van der Waals surface area contributed by atoms with Crippen molar-refractivity contribution in [1.82, 2.24) is 27.4 Å². The minimum atomic E-state index is 1.14. The minimum absolute atomic E-state index is 1.14. The molecular weight excluding hydrogens is 1670 g/mol. The molecule has 6 nitrogen and oxygen atoms in total. The maximum absolute atomic E-state index is 2.53. The van der Waals surface area contributed by atoms with E-state index in [-0.39, 0.29) is 0 Å². The van der Waals surface area contributed by atoms with Crippen LogP contribution < -0.4 is 0 Å². The number of para-hydroxylation sites is 8. The summed E-state index contributed by atoms with van der Waals surface area (Å²) in [6.45, 7) is 0. The lowest BCUT2D eigenvalue weighted by Gasteiger charge is -2.17. The van der Waals surface area contributed by atoms with Crippen LogP contribution in [0, 0.1) is 0 Å². The molecule has 0 unspecified atom stereocenters. The maximum Gasteiger partial charge on any atom is 0.0641 e. The van der Waals surface area contributed by atoms with Crippen LogP contribution in [0.2, 0.25) is 0 Å². The molecular formula is C132H88N6. The number of benzene rings is 22. The molecule has 0 bridgehead atoms. The Labute approximate surface area is 798 Å². The van der Waals surface area contributed by atoms with Crippen LogP contribution >= 0.6 is 0 Å². The molecule has 0 radical (unpaired) electrons. The molecule has 28 rings (SSSR count). The second-order valence-electron chi connectivity index (χ2n) is 35.7. The van der Waals surface area contributed by atoms with E-state index < -0.39 is 0 Å². The van der Waals surface area contributed by atoms with Crippen molar-refractivity contribution in [2.75, 3.05) is 0 Å². The summed E-state index contributed by atoms with van der Waals surface area (Å²) >= 11 is 0. The van der Waals surface area contributed by atoms with E-state index in [1.807, 2.05) is 0 Å². The lowest BCUT2D eigenvalue weighted by Crippen LogP contribution is -1.99. The molecule has 0 aliphatic rings. The fraction of sp³-hybridized carbons (Fsp3) is 0. The molecule has 0 fully saturated rings. The van der Waals surface area contributed by atoms with Crippen LogP contribution in [0.15, 0.2) is 534 Å². The highest BCUT2D eigenvalue weighted by atomic mass is 15.0. The largest absolute Gasteiger partial charge is 0.309 e. The zero-order chi connectivity index (χ0) is 91.1. The quantitative estimate of drug-likeness (QED) is 0.110. The predicted octanol–water partition coefficient (Wildman–Crippen LogP) is 35.3. The van der Waals surface area contributed by atoms with Crippen LogP contribution in [0.3, 0.4) is 0 Å². The Bertz CT molecular complexity index is 9490. The zero-order valence-electron chi connectivity index (χ0n) is 75.5. The molecule has 6 heterocycles. The molecule has 0 aliphatic heterocycles. The van der Waals surface area contributed by atoms with E-state index in [1.54, 1.807) is 0 Å². The van der Waals surface area contributed by atoms with Crippen molar-refractivity contribution in [1.29, 1.82) is 0 Å². The van der Waals surface area contributed by atoms with Crippen molar-refractivity contribution < 1.29 is 0 Å². The number of hydrogen-bond acceptors (Lipinski definition) is 0. The third-order valence-corrected chi connectivity index (χ3v) is 27.9. The third kappa shape index (κ3) is 13.6. The fourth-order valence-electron chi connectivity index (χ4n) is 21.8. The maximum atomic E-state index is 2.53. The van der Waals surface area contributed by atoms with E-state index in [4.69, 9.17) is 0 Å². The van der Waals surface area contributed by atoms with Crippen molar-refractivity contribution in [3.63, 3.8) is 0 Å². The van der Waals surface area contributed by atoms with Crippen molar-refractivity contribution in [2.45, 2.75) is 0 Å². The summed E-state index contributed by atoms with van der Waals surface area (Å²) in [6.07, 6.45) is 0. The van der Waals surface area contributed by atoms with Crippen molar-refractivity contribution in [3.05, 3.63) is 534 Å². The van der Waals surface area contributed by atoms with Crippen molar-refractivity contribution in [2.24, 2.45) is 0 Å². The molecule has 6 aromatic heterocycles. The lowest BCUT2D eigenvalue weighted by atomic mass is 9.97. The Morgan fingerprint density at radius 1 is 0.109 bits per heavy atom. The number of hydrogen-bond donors (Lipinski definition) is 0. The Hall–Kier alpha value is -18.4. The van der Waals surface area contributed by atoms with Crippen molar-refractivity contribution in [3.8, 4) is 112 Å². The standard InChI is InChI=1S/2C48H32N2.C36H24N2/c1-5-15-33(16-6-1)36-25-28-44(41(31-36)35-19-9-3-10-20-35)50-45-29-26-37(34-17-7-2-8-18-34)32-42(45)39-27-30-46-47(48(39)50)40-23-13-14-24-43(40)49(46)38-21-11-4-12-22-38;1-4-13-33(14-5-1)35-23-25-36(26-24-35)37-17-12-20-40(31-37)50-45-29-27-38(34-15-6-2-7-16-34)32-43(45)41-28-30-46-47(48(41)50)42-21-10-11-22-44(42)49(46)39-18-8-3-9-19-39;1-4-13-25(14-5-1)28-20-12-21-29-30-23-24-33-34(36(30)38(35(28)29)27-17-8-3-9-18-27)31-19-10-11-22-32(31)37(33)26-15-6-2-7-16-26/h2*1-32H;1-24H. The van der Waals surface area contributed by atoms with Crippen LogP contribution in [-0.4, -0.2) is 27.4 Å². The molecule has 0 saturated heterocycles. The summed E-state index contributed by atoms with van der Waals surface area (Å²) in [7, 11) is 0. The van der Waals surface area contributed by atoms with Gasteiger partial charge in [0.15, 0.2) is 0 Å². The first-order chi connectivity index (χ1) is 68.5. The van der Waals surface area contributed by atoms with Gasteiger partial charge < -0.3 is 27.4 Å². The summed E-state index contributed by atoms with van der Waals surface area (Å²) < 4.78 is 14.7. The van der Waals surface area contributed by atoms with E-state index in [9.17, 15) is 0 Å². The predicted molar refractivity (Wildman–Crippen MR) is 583 cm³/mol. The molecule has 22 aromatic carbocycles. The molecule has 0 amide bonds. The van der Waals surface area contributed by atoms with Crippen LogP contribution in [0.25, 0.3) is 243 Å². The smallest absolute Gasteiger partial charge is 0.0641 e. The van der Waals surface area contributed by atoms with Crippen LogP contribution in [0.5, 0.6) is 0 Å². The average molecular weight is 1760 g/mol. The second-order valence-corrected chi connectivity index (χ2v) is 35.7. The van der Waals surface area contributed by atoms with E-state index in [2.05, 4.69) is 561 Å². The van der Waals surface area contributed by atoms with Gasteiger partial charge >= 0.3 is 0 Å². The SMILES string of the molecule is c1ccc(-c2ccc(-c3cccc(-n4c5ccc(-c6ccccc6)cc5c5ccc6c(c7ccccc7n6-c6ccccc6)c54)c3)cc2)cc1.c1ccc(-c2ccc(-n3c4ccc(-c5ccccc5)cc4c4ccc5c(c6ccccc6n5-c5ccccc5)c43)c(-c3ccccc3)c2)cc1.c1ccc(-c2cccc3c4ccc5c(c6ccccc6n5-c5ccccc5)c4n(-c4ccccc4)c23)cc1. The van der Waals surface area contributed by atoms with E-state index in [0.717, 1.165) is 22.7 Å². The van der Waals surface area contributed by atoms with Gasteiger partial charge in [0.05, 0.1) is 71.9 Å². The normalized spacial score (nSPS) is 11.6. The van der Waals surface area contributed by atoms with Crippen molar-refractivity contribution >= 4 is 131 Å².